The highest BCUT2D eigenvalue weighted by molar-refractivity contribution is 6.31. The number of nitrogens with zero attached hydrogens (tertiary/aromatic N) is 1. The van der Waals surface area contributed by atoms with Crippen LogP contribution in [0.5, 0.6) is 0 Å². The Kier molecular flexibility index (Phi) is 8.29. The van der Waals surface area contributed by atoms with E-state index in [1.54, 1.807) is 0 Å². The van der Waals surface area contributed by atoms with E-state index in [0.29, 0.717) is 0 Å². The van der Waals surface area contributed by atoms with Crippen molar-refractivity contribution in [3.63, 3.8) is 0 Å². The van der Waals surface area contributed by atoms with Gasteiger partial charge >= 0.3 is 0 Å². The Morgan fingerprint density at radius 1 is 1.27 bits per heavy atom. The summed E-state index contributed by atoms with van der Waals surface area (Å²) in [6.45, 7) is 13.3. The molecule has 1 rings (SSSR count). The molecule has 0 aliphatic rings. The zero-order valence-electron chi connectivity index (χ0n) is 14.4. The summed E-state index contributed by atoms with van der Waals surface area (Å²) < 4.78 is 0. The number of rotatable bonds is 9. The van der Waals surface area contributed by atoms with Crippen LogP contribution in [0.25, 0.3) is 0 Å². The summed E-state index contributed by atoms with van der Waals surface area (Å²) in [4.78, 5) is 2.42. The maximum atomic E-state index is 6.34. The normalized spacial score (nSPS) is 12.0. The molecule has 0 aliphatic heterocycles. The topological polar surface area (TPSA) is 15.3 Å². The SMILES string of the molecule is C=C(C)C(CNC)=C(C)N(CCCC)Cc1ccccc1Cl. The van der Waals surface area contributed by atoms with Gasteiger partial charge in [0.25, 0.3) is 0 Å². The minimum absolute atomic E-state index is 0.835. The molecule has 0 heterocycles. The fraction of sp³-hybridized carbons (Fsp3) is 0.474. The number of unbranched alkanes of at least 4 members (excludes halogenated alkanes) is 1. The van der Waals surface area contributed by atoms with Gasteiger partial charge in [0.2, 0.25) is 0 Å². The van der Waals surface area contributed by atoms with Crippen LogP contribution in [-0.4, -0.2) is 25.0 Å². The predicted octanol–water partition coefficient (Wildman–Crippen LogP) is 5.01. The molecule has 0 saturated carbocycles. The Morgan fingerprint density at radius 3 is 2.50 bits per heavy atom. The number of hydrogen-bond donors (Lipinski definition) is 1. The Hall–Kier alpha value is -1.25. The van der Waals surface area contributed by atoms with E-state index in [9.17, 15) is 0 Å². The van der Waals surface area contributed by atoms with Crippen molar-refractivity contribution in [2.75, 3.05) is 20.1 Å². The van der Waals surface area contributed by atoms with Crippen molar-refractivity contribution < 1.29 is 0 Å². The first-order valence-corrected chi connectivity index (χ1v) is 8.37. The maximum absolute atomic E-state index is 6.34. The van der Waals surface area contributed by atoms with Gasteiger partial charge in [-0.25, -0.2) is 0 Å². The lowest BCUT2D eigenvalue weighted by Gasteiger charge is -2.29. The van der Waals surface area contributed by atoms with E-state index in [2.05, 4.69) is 43.6 Å². The van der Waals surface area contributed by atoms with Crippen molar-refractivity contribution >= 4 is 11.6 Å². The standard InChI is InChI=1S/C19H29ClN2/c1-6-7-12-22(14-17-10-8-9-11-19(17)20)16(4)18(13-21-5)15(2)3/h8-11,21H,2,6-7,12-14H2,1,3-5H3. The number of likely N-dealkylation sites (N-methyl/N-ethyl adjacent to an activating group) is 1. The van der Waals surface area contributed by atoms with E-state index < -0.39 is 0 Å². The second-order valence-corrected chi connectivity index (χ2v) is 6.15. The van der Waals surface area contributed by atoms with Gasteiger partial charge < -0.3 is 10.2 Å². The van der Waals surface area contributed by atoms with Gasteiger partial charge in [0.1, 0.15) is 0 Å². The third kappa shape index (κ3) is 5.51. The first kappa shape index (κ1) is 18.8. The Labute approximate surface area is 140 Å². The molecule has 3 heteroatoms. The van der Waals surface area contributed by atoms with Gasteiger partial charge in [-0.1, -0.05) is 55.3 Å². The van der Waals surface area contributed by atoms with Crippen LogP contribution in [0, 0.1) is 0 Å². The van der Waals surface area contributed by atoms with Crippen LogP contribution in [0.1, 0.15) is 39.2 Å². The second kappa shape index (κ2) is 9.70. The quantitative estimate of drug-likeness (QED) is 0.643. The second-order valence-electron chi connectivity index (χ2n) is 5.74. The lowest BCUT2D eigenvalue weighted by molar-refractivity contribution is 0.327. The van der Waals surface area contributed by atoms with Crippen molar-refractivity contribution in [2.24, 2.45) is 0 Å². The van der Waals surface area contributed by atoms with Crippen LogP contribution in [0.4, 0.5) is 0 Å². The average molecular weight is 321 g/mol. The van der Waals surface area contributed by atoms with Gasteiger partial charge in [-0.3, -0.25) is 0 Å². The molecule has 2 nitrogen and oxygen atoms in total. The fourth-order valence-electron chi connectivity index (χ4n) is 2.50. The zero-order valence-corrected chi connectivity index (χ0v) is 15.1. The predicted molar refractivity (Wildman–Crippen MR) is 98.2 cm³/mol. The highest BCUT2D eigenvalue weighted by Crippen LogP contribution is 2.23. The van der Waals surface area contributed by atoms with Gasteiger partial charge in [-0.05, 0) is 44.5 Å². The summed E-state index contributed by atoms with van der Waals surface area (Å²) >= 11 is 6.34. The van der Waals surface area contributed by atoms with Gasteiger partial charge in [-0.15, -0.1) is 0 Å². The van der Waals surface area contributed by atoms with Crippen molar-refractivity contribution in [1.82, 2.24) is 10.2 Å². The van der Waals surface area contributed by atoms with E-state index >= 15 is 0 Å². The van der Waals surface area contributed by atoms with E-state index in [0.717, 1.165) is 30.2 Å². The van der Waals surface area contributed by atoms with Crippen molar-refractivity contribution in [3.8, 4) is 0 Å². The molecule has 0 saturated heterocycles. The third-order valence-corrected chi connectivity index (χ3v) is 4.25. The van der Waals surface area contributed by atoms with Gasteiger partial charge in [-0.2, -0.15) is 0 Å². The summed E-state index contributed by atoms with van der Waals surface area (Å²) in [7, 11) is 1.97. The van der Waals surface area contributed by atoms with Crippen LogP contribution in [0.15, 0.2) is 47.7 Å². The molecule has 1 N–H and O–H groups in total. The number of halogens is 1. The monoisotopic (exact) mass is 320 g/mol. The summed E-state index contributed by atoms with van der Waals surface area (Å²) in [6, 6.07) is 8.09. The number of benzene rings is 1. The molecule has 122 valence electrons. The summed E-state index contributed by atoms with van der Waals surface area (Å²) in [5, 5.41) is 4.08. The number of allylic oxidation sites excluding steroid dienone is 1. The first-order valence-electron chi connectivity index (χ1n) is 7.99. The highest BCUT2D eigenvalue weighted by atomic mass is 35.5. The van der Waals surface area contributed by atoms with Gasteiger partial charge in [0, 0.05) is 30.4 Å². The Morgan fingerprint density at radius 2 is 1.95 bits per heavy atom. The molecule has 0 bridgehead atoms. The maximum Gasteiger partial charge on any atom is 0.0455 e. The van der Waals surface area contributed by atoms with Gasteiger partial charge in [0.15, 0.2) is 0 Å². The van der Waals surface area contributed by atoms with Crippen LogP contribution in [-0.2, 0) is 6.54 Å². The Bertz CT molecular complexity index is 520. The molecule has 0 radical (unpaired) electrons. The van der Waals surface area contributed by atoms with Crippen molar-refractivity contribution in [3.05, 3.63) is 58.3 Å². The fourth-order valence-corrected chi connectivity index (χ4v) is 2.70. The molecule has 0 aromatic heterocycles. The molecule has 0 unspecified atom stereocenters. The lowest BCUT2D eigenvalue weighted by Crippen LogP contribution is -2.26. The molecular weight excluding hydrogens is 292 g/mol. The molecule has 0 spiro atoms. The first-order chi connectivity index (χ1) is 10.5. The smallest absolute Gasteiger partial charge is 0.0455 e. The van der Waals surface area contributed by atoms with Crippen molar-refractivity contribution in [1.29, 1.82) is 0 Å². The average Bonchev–Trinajstić information content (AvgIpc) is 2.49. The highest BCUT2D eigenvalue weighted by Gasteiger charge is 2.13. The largest absolute Gasteiger partial charge is 0.370 e. The molecular formula is C19H29ClN2. The zero-order chi connectivity index (χ0) is 16.5. The minimum atomic E-state index is 0.835. The van der Waals surface area contributed by atoms with Crippen LogP contribution >= 0.6 is 11.6 Å². The molecule has 0 atom stereocenters. The minimum Gasteiger partial charge on any atom is -0.370 e. The summed E-state index contributed by atoms with van der Waals surface area (Å²) in [5.74, 6) is 0. The van der Waals surface area contributed by atoms with Crippen LogP contribution < -0.4 is 5.32 Å². The van der Waals surface area contributed by atoms with Crippen molar-refractivity contribution in [2.45, 2.75) is 40.2 Å². The molecule has 0 amide bonds. The summed E-state index contributed by atoms with van der Waals surface area (Å²) in [6.07, 6.45) is 2.35. The summed E-state index contributed by atoms with van der Waals surface area (Å²) in [5.41, 5.74) is 4.86. The van der Waals surface area contributed by atoms with E-state index in [1.165, 1.54) is 29.7 Å². The molecule has 1 aromatic rings. The lowest BCUT2D eigenvalue weighted by atomic mass is 10.1. The Balaban J connectivity index is 3.08. The third-order valence-electron chi connectivity index (χ3n) is 3.88. The van der Waals surface area contributed by atoms with Crippen LogP contribution in [0.2, 0.25) is 5.02 Å². The van der Waals surface area contributed by atoms with Gasteiger partial charge in [0.05, 0.1) is 0 Å². The number of nitrogens with one attached hydrogen (secondary N) is 1. The molecule has 0 fully saturated rings. The molecule has 22 heavy (non-hydrogen) atoms. The molecule has 1 aromatic carbocycles. The van der Waals surface area contributed by atoms with E-state index in [1.807, 2.05) is 25.2 Å². The van der Waals surface area contributed by atoms with E-state index in [4.69, 9.17) is 11.6 Å². The van der Waals surface area contributed by atoms with Crippen LogP contribution in [0.3, 0.4) is 0 Å². The number of hydrogen-bond acceptors (Lipinski definition) is 2. The van der Waals surface area contributed by atoms with E-state index in [-0.39, 0.29) is 0 Å². The molecule has 0 aliphatic carbocycles.